The quantitative estimate of drug-likeness (QED) is 0.725. The Kier molecular flexibility index (Phi) is 4.31. The molecule has 0 bridgehead atoms. The Labute approximate surface area is 148 Å². The SMILES string of the molecule is Fc1ccc(Nc2nc(-c3ccc(N4CCCC4)nc3)cs2)c(F)c1. The lowest BCUT2D eigenvalue weighted by Crippen LogP contribution is -2.18. The Bertz CT molecular complexity index is 873. The summed E-state index contributed by atoms with van der Waals surface area (Å²) in [6.45, 7) is 2.11. The van der Waals surface area contributed by atoms with E-state index in [1.165, 1.54) is 36.3 Å². The second kappa shape index (κ2) is 6.76. The average molecular weight is 358 g/mol. The third-order valence-electron chi connectivity index (χ3n) is 4.15. The molecule has 0 atom stereocenters. The van der Waals surface area contributed by atoms with Gasteiger partial charge < -0.3 is 10.2 Å². The zero-order chi connectivity index (χ0) is 17.2. The number of pyridine rings is 1. The van der Waals surface area contributed by atoms with Gasteiger partial charge in [0.1, 0.15) is 17.5 Å². The van der Waals surface area contributed by atoms with Gasteiger partial charge in [0.25, 0.3) is 0 Å². The molecule has 1 saturated heterocycles. The standard InChI is InChI=1S/C18H16F2N4S/c19-13-4-5-15(14(20)9-13)22-18-23-16(11-25-18)12-3-6-17(21-10-12)24-7-1-2-8-24/h3-6,9-11H,1-2,7-8H2,(H,22,23). The van der Waals surface area contributed by atoms with Crippen LogP contribution in [0.2, 0.25) is 0 Å². The first-order valence-corrected chi connectivity index (χ1v) is 8.96. The highest BCUT2D eigenvalue weighted by Crippen LogP contribution is 2.29. The summed E-state index contributed by atoms with van der Waals surface area (Å²) >= 11 is 1.36. The molecule has 4 nitrogen and oxygen atoms in total. The maximum Gasteiger partial charge on any atom is 0.187 e. The molecular formula is C18H16F2N4S. The van der Waals surface area contributed by atoms with Gasteiger partial charge in [-0.2, -0.15) is 0 Å². The molecule has 0 saturated carbocycles. The Morgan fingerprint density at radius 2 is 1.92 bits per heavy atom. The second-order valence-electron chi connectivity index (χ2n) is 5.89. The Morgan fingerprint density at radius 3 is 2.64 bits per heavy atom. The van der Waals surface area contributed by atoms with E-state index in [-0.39, 0.29) is 5.69 Å². The summed E-state index contributed by atoms with van der Waals surface area (Å²) in [6.07, 6.45) is 4.24. The van der Waals surface area contributed by atoms with Crippen LogP contribution in [0.3, 0.4) is 0 Å². The largest absolute Gasteiger partial charge is 0.357 e. The number of thiazole rings is 1. The molecule has 1 fully saturated rings. The number of rotatable bonds is 4. The van der Waals surface area contributed by atoms with Crippen LogP contribution in [0, 0.1) is 11.6 Å². The van der Waals surface area contributed by atoms with E-state index >= 15 is 0 Å². The summed E-state index contributed by atoms with van der Waals surface area (Å²) in [5.41, 5.74) is 1.88. The van der Waals surface area contributed by atoms with Crippen molar-refractivity contribution in [2.45, 2.75) is 12.8 Å². The molecule has 7 heteroatoms. The molecule has 2 aromatic heterocycles. The minimum atomic E-state index is -0.645. The topological polar surface area (TPSA) is 41.1 Å². The first-order valence-electron chi connectivity index (χ1n) is 8.08. The van der Waals surface area contributed by atoms with Crippen LogP contribution < -0.4 is 10.2 Å². The molecule has 1 N–H and O–H groups in total. The van der Waals surface area contributed by atoms with Gasteiger partial charge in [-0.1, -0.05) is 0 Å². The fourth-order valence-corrected chi connectivity index (χ4v) is 3.57. The number of halogens is 2. The molecule has 3 heterocycles. The molecule has 0 spiro atoms. The first-order chi connectivity index (χ1) is 12.2. The fourth-order valence-electron chi connectivity index (χ4n) is 2.84. The van der Waals surface area contributed by atoms with Crippen molar-refractivity contribution in [3.05, 3.63) is 53.5 Å². The zero-order valence-corrected chi connectivity index (χ0v) is 14.2. The predicted octanol–water partition coefficient (Wildman–Crippen LogP) is 4.83. The van der Waals surface area contributed by atoms with E-state index in [1.54, 1.807) is 0 Å². The van der Waals surface area contributed by atoms with Gasteiger partial charge in [0.05, 0.1) is 11.4 Å². The molecule has 1 aliphatic heterocycles. The monoisotopic (exact) mass is 358 g/mol. The van der Waals surface area contributed by atoms with Crippen LogP contribution in [0.5, 0.6) is 0 Å². The predicted molar refractivity (Wildman–Crippen MR) is 96.4 cm³/mol. The number of hydrogen-bond donors (Lipinski definition) is 1. The maximum atomic E-state index is 13.7. The van der Waals surface area contributed by atoms with E-state index in [1.807, 2.05) is 23.7 Å². The lowest BCUT2D eigenvalue weighted by molar-refractivity contribution is 0.586. The normalized spacial score (nSPS) is 14.1. The van der Waals surface area contributed by atoms with Crippen LogP contribution in [0.1, 0.15) is 12.8 Å². The van der Waals surface area contributed by atoms with Crippen molar-refractivity contribution < 1.29 is 8.78 Å². The highest BCUT2D eigenvalue weighted by molar-refractivity contribution is 7.14. The van der Waals surface area contributed by atoms with E-state index in [2.05, 4.69) is 20.2 Å². The van der Waals surface area contributed by atoms with Crippen molar-refractivity contribution in [3.8, 4) is 11.3 Å². The Balaban J connectivity index is 1.50. The number of benzene rings is 1. The first kappa shape index (κ1) is 16.0. The number of nitrogens with zero attached hydrogens (tertiary/aromatic N) is 3. The average Bonchev–Trinajstić information content (AvgIpc) is 3.30. The summed E-state index contributed by atoms with van der Waals surface area (Å²) in [7, 11) is 0. The van der Waals surface area contributed by atoms with Crippen LogP contribution in [-0.2, 0) is 0 Å². The van der Waals surface area contributed by atoms with Gasteiger partial charge in [0, 0.05) is 36.3 Å². The molecule has 4 rings (SSSR count). The van der Waals surface area contributed by atoms with Crippen LogP contribution in [0.25, 0.3) is 11.3 Å². The number of nitrogens with one attached hydrogen (secondary N) is 1. The zero-order valence-electron chi connectivity index (χ0n) is 13.4. The lowest BCUT2D eigenvalue weighted by Gasteiger charge is -2.15. The molecule has 0 unspecified atom stereocenters. The van der Waals surface area contributed by atoms with Crippen molar-refractivity contribution in [2.75, 3.05) is 23.3 Å². The fraction of sp³-hybridized carbons (Fsp3) is 0.222. The van der Waals surface area contributed by atoms with Crippen molar-refractivity contribution in [1.29, 1.82) is 0 Å². The molecule has 1 aliphatic rings. The van der Waals surface area contributed by atoms with Crippen LogP contribution in [0.4, 0.5) is 25.4 Å². The smallest absolute Gasteiger partial charge is 0.187 e. The van der Waals surface area contributed by atoms with Gasteiger partial charge in [-0.15, -0.1) is 11.3 Å². The minimum Gasteiger partial charge on any atom is -0.357 e. The molecule has 0 radical (unpaired) electrons. The highest BCUT2D eigenvalue weighted by Gasteiger charge is 2.14. The van der Waals surface area contributed by atoms with Gasteiger partial charge >= 0.3 is 0 Å². The molecule has 3 aromatic rings. The molecule has 128 valence electrons. The summed E-state index contributed by atoms with van der Waals surface area (Å²) < 4.78 is 26.7. The third-order valence-corrected chi connectivity index (χ3v) is 4.91. The van der Waals surface area contributed by atoms with E-state index < -0.39 is 11.6 Å². The van der Waals surface area contributed by atoms with E-state index in [0.29, 0.717) is 5.13 Å². The van der Waals surface area contributed by atoms with Crippen molar-refractivity contribution in [2.24, 2.45) is 0 Å². The number of anilines is 3. The molecular weight excluding hydrogens is 342 g/mol. The molecule has 0 aliphatic carbocycles. The lowest BCUT2D eigenvalue weighted by atomic mass is 10.2. The van der Waals surface area contributed by atoms with Crippen molar-refractivity contribution >= 4 is 28.0 Å². The van der Waals surface area contributed by atoms with E-state index in [4.69, 9.17) is 0 Å². The highest BCUT2D eigenvalue weighted by atomic mass is 32.1. The second-order valence-corrected chi connectivity index (χ2v) is 6.74. The molecule has 25 heavy (non-hydrogen) atoms. The summed E-state index contributed by atoms with van der Waals surface area (Å²) in [6, 6.07) is 7.42. The molecule has 1 aromatic carbocycles. The Morgan fingerprint density at radius 1 is 1.08 bits per heavy atom. The van der Waals surface area contributed by atoms with Crippen LogP contribution in [-0.4, -0.2) is 23.1 Å². The van der Waals surface area contributed by atoms with Gasteiger partial charge in [0.15, 0.2) is 5.13 Å². The van der Waals surface area contributed by atoms with E-state index in [9.17, 15) is 8.78 Å². The maximum absolute atomic E-state index is 13.7. The third kappa shape index (κ3) is 3.46. The van der Waals surface area contributed by atoms with Crippen molar-refractivity contribution in [3.63, 3.8) is 0 Å². The van der Waals surface area contributed by atoms with Crippen molar-refractivity contribution in [1.82, 2.24) is 9.97 Å². The van der Waals surface area contributed by atoms with Gasteiger partial charge in [-0.3, -0.25) is 0 Å². The molecule has 0 amide bonds. The van der Waals surface area contributed by atoms with Gasteiger partial charge in [-0.25, -0.2) is 18.7 Å². The van der Waals surface area contributed by atoms with Crippen LogP contribution >= 0.6 is 11.3 Å². The van der Waals surface area contributed by atoms with Gasteiger partial charge in [-0.05, 0) is 37.1 Å². The van der Waals surface area contributed by atoms with Crippen LogP contribution in [0.15, 0.2) is 41.9 Å². The minimum absolute atomic E-state index is 0.199. The Hall–Kier alpha value is -2.54. The van der Waals surface area contributed by atoms with Gasteiger partial charge in [0.2, 0.25) is 0 Å². The number of hydrogen-bond acceptors (Lipinski definition) is 5. The van der Waals surface area contributed by atoms with E-state index in [0.717, 1.165) is 36.2 Å². The number of aromatic nitrogens is 2. The summed E-state index contributed by atoms with van der Waals surface area (Å²) in [5, 5.41) is 5.31. The summed E-state index contributed by atoms with van der Waals surface area (Å²) in [5.74, 6) is -0.261. The summed E-state index contributed by atoms with van der Waals surface area (Å²) in [4.78, 5) is 11.3.